The van der Waals surface area contributed by atoms with Gasteiger partial charge in [-0.25, -0.2) is 0 Å². The maximum Gasteiger partial charge on any atom is 0.327 e. The molecule has 21 heavy (non-hydrogen) atoms. The molecule has 1 saturated heterocycles. The van der Waals surface area contributed by atoms with Crippen molar-refractivity contribution in [1.82, 2.24) is 4.90 Å². The Bertz CT molecular complexity index is 703. The number of amides is 1. The molecule has 2 aromatic rings. The molecule has 4 nitrogen and oxygen atoms in total. The van der Waals surface area contributed by atoms with Gasteiger partial charge in [0, 0.05) is 11.5 Å². The molecule has 0 N–H and O–H groups in total. The highest BCUT2D eigenvalue weighted by molar-refractivity contribution is 6.08. The Morgan fingerprint density at radius 2 is 1.90 bits per heavy atom. The van der Waals surface area contributed by atoms with E-state index < -0.39 is 6.23 Å². The largest absolute Gasteiger partial charge is 0.440 e. The van der Waals surface area contributed by atoms with E-state index in [0.29, 0.717) is 5.56 Å². The van der Waals surface area contributed by atoms with Crippen LogP contribution in [0.4, 0.5) is 0 Å². The molecule has 1 atom stereocenters. The van der Waals surface area contributed by atoms with Crippen molar-refractivity contribution in [2.24, 2.45) is 5.92 Å². The molecule has 2 aromatic carbocycles. The van der Waals surface area contributed by atoms with Gasteiger partial charge >= 0.3 is 5.97 Å². The summed E-state index contributed by atoms with van der Waals surface area (Å²) in [7, 11) is 0. The Morgan fingerprint density at radius 1 is 1.19 bits per heavy atom. The fourth-order valence-electron chi connectivity index (χ4n) is 2.71. The van der Waals surface area contributed by atoms with Gasteiger partial charge in [-0.05, 0) is 16.8 Å². The van der Waals surface area contributed by atoms with Gasteiger partial charge in [-0.3, -0.25) is 14.5 Å². The molecule has 1 aliphatic heterocycles. The SMILES string of the molecule is CC(C)C1OC(=O)CN1C(=O)c1cccc2ccccc12. The fourth-order valence-corrected chi connectivity index (χ4v) is 2.71. The lowest BCUT2D eigenvalue weighted by Crippen LogP contribution is -2.39. The quantitative estimate of drug-likeness (QED) is 0.796. The summed E-state index contributed by atoms with van der Waals surface area (Å²) in [6.07, 6.45) is -0.482. The van der Waals surface area contributed by atoms with Crippen LogP contribution in [0.15, 0.2) is 42.5 Å². The van der Waals surface area contributed by atoms with E-state index in [0.717, 1.165) is 10.8 Å². The van der Waals surface area contributed by atoms with E-state index in [-0.39, 0.29) is 24.3 Å². The molecule has 0 radical (unpaired) electrons. The lowest BCUT2D eigenvalue weighted by molar-refractivity contribution is -0.142. The summed E-state index contributed by atoms with van der Waals surface area (Å²) in [5.41, 5.74) is 0.608. The Kier molecular flexibility index (Phi) is 3.37. The molecule has 0 spiro atoms. The number of carbonyl (C=O) groups excluding carboxylic acids is 2. The molecular weight excluding hydrogens is 266 g/mol. The van der Waals surface area contributed by atoms with Crippen LogP contribution in [0.1, 0.15) is 24.2 Å². The minimum Gasteiger partial charge on any atom is -0.440 e. The van der Waals surface area contributed by atoms with E-state index in [2.05, 4.69) is 0 Å². The normalized spacial score (nSPS) is 18.3. The predicted octanol–water partition coefficient (Wildman–Crippen LogP) is 2.82. The van der Waals surface area contributed by atoms with Gasteiger partial charge in [-0.2, -0.15) is 0 Å². The van der Waals surface area contributed by atoms with Crippen LogP contribution in [-0.4, -0.2) is 29.5 Å². The van der Waals surface area contributed by atoms with Gasteiger partial charge in [-0.15, -0.1) is 0 Å². The first kappa shape index (κ1) is 13.6. The number of hydrogen-bond acceptors (Lipinski definition) is 3. The van der Waals surface area contributed by atoms with Crippen molar-refractivity contribution in [3.05, 3.63) is 48.0 Å². The topological polar surface area (TPSA) is 46.6 Å². The first-order valence-corrected chi connectivity index (χ1v) is 7.06. The highest BCUT2D eigenvalue weighted by atomic mass is 16.6. The Hall–Kier alpha value is -2.36. The van der Waals surface area contributed by atoms with Crippen molar-refractivity contribution < 1.29 is 14.3 Å². The van der Waals surface area contributed by atoms with E-state index >= 15 is 0 Å². The molecule has 1 fully saturated rings. The average Bonchev–Trinajstić information content (AvgIpc) is 2.88. The third kappa shape index (κ3) is 2.37. The minimum absolute atomic E-state index is 0.0188. The summed E-state index contributed by atoms with van der Waals surface area (Å²) in [5, 5.41) is 1.91. The summed E-state index contributed by atoms with van der Waals surface area (Å²) in [6.45, 7) is 3.89. The zero-order valence-corrected chi connectivity index (χ0v) is 12.1. The molecule has 1 amide bonds. The molecule has 0 bridgehead atoms. The number of cyclic esters (lactones) is 1. The van der Waals surface area contributed by atoms with Crippen LogP contribution in [0.25, 0.3) is 10.8 Å². The first-order chi connectivity index (χ1) is 10.1. The number of ether oxygens (including phenoxy) is 1. The lowest BCUT2D eigenvalue weighted by Gasteiger charge is -2.25. The standard InChI is InChI=1S/C17H17NO3/c1-11(2)17-18(10-15(19)21-17)16(20)14-9-5-7-12-6-3-4-8-13(12)14/h3-9,11,17H,10H2,1-2H3. The predicted molar refractivity (Wildman–Crippen MR) is 79.7 cm³/mol. The second-order valence-electron chi connectivity index (χ2n) is 5.58. The average molecular weight is 283 g/mol. The Balaban J connectivity index is 2.02. The molecule has 0 aliphatic carbocycles. The maximum atomic E-state index is 12.8. The van der Waals surface area contributed by atoms with Crippen molar-refractivity contribution in [1.29, 1.82) is 0 Å². The van der Waals surface area contributed by atoms with Crippen molar-refractivity contribution in [2.75, 3.05) is 6.54 Å². The number of nitrogens with zero attached hydrogens (tertiary/aromatic N) is 1. The van der Waals surface area contributed by atoms with E-state index in [9.17, 15) is 9.59 Å². The third-order valence-electron chi connectivity index (χ3n) is 3.71. The van der Waals surface area contributed by atoms with Crippen LogP contribution in [0.5, 0.6) is 0 Å². The second kappa shape index (κ2) is 5.20. The number of carbonyl (C=O) groups is 2. The van der Waals surface area contributed by atoms with E-state index in [4.69, 9.17) is 4.74 Å². The van der Waals surface area contributed by atoms with E-state index in [1.807, 2.05) is 50.2 Å². The summed E-state index contributed by atoms with van der Waals surface area (Å²) in [6, 6.07) is 13.4. The summed E-state index contributed by atoms with van der Waals surface area (Å²) >= 11 is 0. The highest BCUT2D eigenvalue weighted by Crippen LogP contribution is 2.25. The van der Waals surface area contributed by atoms with Crippen LogP contribution >= 0.6 is 0 Å². The van der Waals surface area contributed by atoms with Crippen molar-refractivity contribution in [2.45, 2.75) is 20.1 Å². The molecule has 108 valence electrons. The number of hydrogen-bond donors (Lipinski definition) is 0. The van der Waals surface area contributed by atoms with Crippen molar-refractivity contribution in [3.63, 3.8) is 0 Å². The smallest absolute Gasteiger partial charge is 0.327 e. The number of fused-ring (bicyclic) bond motifs is 1. The van der Waals surface area contributed by atoms with Crippen molar-refractivity contribution >= 4 is 22.6 Å². The molecule has 1 heterocycles. The number of rotatable bonds is 2. The van der Waals surface area contributed by atoms with Crippen LogP contribution in [-0.2, 0) is 9.53 Å². The van der Waals surface area contributed by atoms with Gasteiger partial charge in [0.2, 0.25) is 0 Å². The second-order valence-corrected chi connectivity index (χ2v) is 5.58. The maximum absolute atomic E-state index is 12.8. The lowest BCUT2D eigenvalue weighted by atomic mass is 10.0. The molecule has 0 aromatic heterocycles. The highest BCUT2D eigenvalue weighted by Gasteiger charge is 2.38. The van der Waals surface area contributed by atoms with Gasteiger partial charge in [0.25, 0.3) is 5.91 Å². The zero-order chi connectivity index (χ0) is 15.0. The Morgan fingerprint density at radius 3 is 2.67 bits per heavy atom. The van der Waals surface area contributed by atoms with Gasteiger partial charge in [-0.1, -0.05) is 50.2 Å². The van der Waals surface area contributed by atoms with E-state index in [1.165, 1.54) is 4.90 Å². The van der Waals surface area contributed by atoms with Gasteiger partial charge < -0.3 is 4.74 Å². The molecule has 3 rings (SSSR count). The Labute approximate surface area is 123 Å². The molecule has 0 saturated carbocycles. The van der Waals surface area contributed by atoms with Gasteiger partial charge in [0.15, 0.2) is 6.23 Å². The number of esters is 1. The monoisotopic (exact) mass is 283 g/mol. The van der Waals surface area contributed by atoms with E-state index in [1.54, 1.807) is 6.07 Å². The molecular formula is C17H17NO3. The van der Waals surface area contributed by atoms with Gasteiger partial charge in [0.1, 0.15) is 6.54 Å². The zero-order valence-electron chi connectivity index (χ0n) is 12.1. The summed E-state index contributed by atoms with van der Waals surface area (Å²) in [5.74, 6) is -0.436. The fraction of sp³-hybridized carbons (Fsp3) is 0.294. The van der Waals surface area contributed by atoms with Crippen LogP contribution in [0, 0.1) is 5.92 Å². The first-order valence-electron chi connectivity index (χ1n) is 7.06. The molecule has 1 aliphatic rings. The number of benzene rings is 2. The summed E-state index contributed by atoms with van der Waals surface area (Å²) in [4.78, 5) is 25.9. The summed E-state index contributed by atoms with van der Waals surface area (Å²) < 4.78 is 5.26. The minimum atomic E-state index is -0.482. The van der Waals surface area contributed by atoms with Crippen LogP contribution in [0.3, 0.4) is 0 Å². The van der Waals surface area contributed by atoms with Crippen LogP contribution in [0.2, 0.25) is 0 Å². The molecule has 4 heteroatoms. The van der Waals surface area contributed by atoms with Gasteiger partial charge in [0.05, 0.1) is 0 Å². The van der Waals surface area contributed by atoms with Crippen LogP contribution < -0.4 is 0 Å². The molecule has 1 unspecified atom stereocenters. The van der Waals surface area contributed by atoms with Crippen molar-refractivity contribution in [3.8, 4) is 0 Å². The third-order valence-corrected chi connectivity index (χ3v) is 3.71.